The first-order valence-corrected chi connectivity index (χ1v) is 6.45. The summed E-state index contributed by atoms with van der Waals surface area (Å²) in [6.07, 6.45) is 3.27. The van der Waals surface area contributed by atoms with Crippen LogP contribution in [0.2, 0.25) is 0 Å². The number of benzene rings is 1. The standard InChI is InChI=1S/C13H17N3O4/c17-11-8-9(4-5-10(11)12(18)19)14-13(20)15-16-6-2-1-3-7-16/h4-5,8,17H,1-3,6-7H2,(H,18,19)(H2,14,15,20). The largest absolute Gasteiger partial charge is 0.507 e. The van der Waals surface area contributed by atoms with Crippen molar-refractivity contribution >= 4 is 17.7 Å². The highest BCUT2D eigenvalue weighted by Crippen LogP contribution is 2.21. The maximum Gasteiger partial charge on any atom is 0.339 e. The third-order valence-corrected chi connectivity index (χ3v) is 3.10. The Hall–Kier alpha value is -2.28. The molecule has 20 heavy (non-hydrogen) atoms. The molecule has 0 aliphatic carbocycles. The number of nitrogens with one attached hydrogen (secondary N) is 2. The van der Waals surface area contributed by atoms with Crippen LogP contribution in [0.25, 0.3) is 0 Å². The molecule has 1 aliphatic heterocycles. The molecule has 7 heteroatoms. The zero-order valence-electron chi connectivity index (χ0n) is 10.9. The number of amides is 2. The van der Waals surface area contributed by atoms with E-state index in [2.05, 4.69) is 10.7 Å². The highest BCUT2D eigenvalue weighted by Gasteiger charge is 2.14. The lowest BCUT2D eigenvalue weighted by Gasteiger charge is -2.26. The second kappa shape index (κ2) is 6.25. The molecule has 0 unspecified atom stereocenters. The summed E-state index contributed by atoms with van der Waals surface area (Å²) in [4.78, 5) is 22.5. The number of carboxylic acid groups (broad SMARTS) is 1. The fraction of sp³-hybridized carbons (Fsp3) is 0.385. The minimum Gasteiger partial charge on any atom is -0.507 e. The molecule has 108 valence electrons. The summed E-state index contributed by atoms with van der Waals surface area (Å²) in [5.74, 6) is -1.60. The van der Waals surface area contributed by atoms with E-state index in [9.17, 15) is 14.7 Å². The van der Waals surface area contributed by atoms with Gasteiger partial charge in [0.1, 0.15) is 11.3 Å². The topological polar surface area (TPSA) is 102 Å². The molecule has 1 aromatic rings. The molecule has 1 saturated heterocycles. The van der Waals surface area contributed by atoms with Gasteiger partial charge in [-0.25, -0.2) is 14.6 Å². The summed E-state index contributed by atoms with van der Waals surface area (Å²) in [6.45, 7) is 1.63. The Balaban J connectivity index is 1.93. The summed E-state index contributed by atoms with van der Waals surface area (Å²) < 4.78 is 0. The van der Waals surface area contributed by atoms with E-state index >= 15 is 0 Å². The van der Waals surface area contributed by atoms with Crippen molar-refractivity contribution in [1.82, 2.24) is 10.4 Å². The van der Waals surface area contributed by atoms with Crippen molar-refractivity contribution < 1.29 is 19.8 Å². The van der Waals surface area contributed by atoms with Crippen LogP contribution in [0.3, 0.4) is 0 Å². The fourth-order valence-electron chi connectivity index (χ4n) is 2.10. The molecule has 1 aromatic carbocycles. The summed E-state index contributed by atoms with van der Waals surface area (Å²) in [5, 5.41) is 22.7. The van der Waals surface area contributed by atoms with E-state index in [1.165, 1.54) is 24.6 Å². The molecular weight excluding hydrogens is 262 g/mol. The van der Waals surface area contributed by atoms with Gasteiger partial charge in [-0.15, -0.1) is 0 Å². The van der Waals surface area contributed by atoms with Gasteiger partial charge in [-0.3, -0.25) is 5.43 Å². The number of phenols is 1. The molecule has 1 aliphatic rings. The first-order valence-electron chi connectivity index (χ1n) is 6.45. The second-order valence-corrected chi connectivity index (χ2v) is 4.65. The number of anilines is 1. The highest BCUT2D eigenvalue weighted by molar-refractivity contribution is 5.93. The monoisotopic (exact) mass is 279 g/mol. The van der Waals surface area contributed by atoms with Crippen LogP contribution in [0.5, 0.6) is 5.75 Å². The van der Waals surface area contributed by atoms with Crippen molar-refractivity contribution in [1.29, 1.82) is 0 Å². The molecule has 1 fully saturated rings. The lowest BCUT2D eigenvalue weighted by atomic mass is 10.2. The van der Waals surface area contributed by atoms with Crippen LogP contribution >= 0.6 is 0 Å². The van der Waals surface area contributed by atoms with Crippen LogP contribution in [0.1, 0.15) is 29.6 Å². The Labute approximate surface area is 116 Å². The summed E-state index contributed by atoms with van der Waals surface area (Å²) in [5.41, 5.74) is 2.84. The number of hydrogen-bond donors (Lipinski definition) is 4. The molecule has 4 N–H and O–H groups in total. The average molecular weight is 279 g/mol. The summed E-state index contributed by atoms with van der Waals surface area (Å²) in [6, 6.07) is 3.47. The molecule has 7 nitrogen and oxygen atoms in total. The predicted molar refractivity (Wildman–Crippen MR) is 72.6 cm³/mol. The van der Waals surface area contributed by atoms with Crippen molar-refractivity contribution in [2.75, 3.05) is 18.4 Å². The van der Waals surface area contributed by atoms with E-state index in [4.69, 9.17) is 5.11 Å². The molecule has 0 atom stereocenters. The van der Waals surface area contributed by atoms with Gasteiger partial charge in [0.2, 0.25) is 0 Å². The van der Waals surface area contributed by atoms with Crippen LogP contribution in [0.4, 0.5) is 10.5 Å². The van der Waals surface area contributed by atoms with Crippen LogP contribution in [0, 0.1) is 0 Å². The number of carboxylic acids is 1. The van der Waals surface area contributed by atoms with Crippen molar-refractivity contribution in [3.63, 3.8) is 0 Å². The van der Waals surface area contributed by atoms with E-state index in [1.54, 1.807) is 0 Å². The number of nitrogens with zero attached hydrogens (tertiary/aromatic N) is 1. The van der Waals surface area contributed by atoms with Crippen molar-refractivity contribution in [3.8, 4) is 5.75 Å². The molecule has 0 spiro atoms. The van der Waals surface area contributed by atoms with Gasteiger partial charge in [-0.05, 0) is 25.0 Å². The second-order valence-electron chi connectivity index (χ2n) is 4.65. The maximum absolute atomic E-state index is 11.7. The van der Waals surface area contributed by atoms with Crippen molar-refractivity contribution in [2.45, 2.75) is 19.3 Å². The van der Waals surface area contributed by atoms with Gasteiger partial charge in [0.25, 0.3) is 0 Å². The first kappa shape index (κ1) is 14.1. The number of hydrogen-bond acceptors (Lipinski definition) is 4. The number of carbonyl (C=O) groups excluding carboxylic acids is 1. The van der Waals surface area contributed by atoms with E-state index in [-0.39, 0.29) is 11.3 Å². The van der Waals surface area contributed by atoms with Crippen LogP contribution in [-0.2, 0) is 0 Å². The Morgan fingerprint density at radius 2 is 1.85 bits per heavy atom. The van der Waals surface area contributed by atoms with E-state index in [0.29, 0.717) is 5.69 Å². The van der Waals surface area contributed by atoms with Gasteiger partial charge in [-0.2, -0.15) is 0 Å². The molecule has 0 aromatic heterocycles. The number of piperidine rings is 1. The smallest absolute Gasteiger partial charge is 0.339 e. The molecular formula is C13H17N3O4. The predicted octanol–water partition coefficient (Wildman–Crippen LogP) is 1.61. The minimum absolute atomic E-state index is 0.202. The number of hydrazine groups is 1. The third kappa shape index (κ3) is 3.61. The number of carbonyl (C=O) groups is 2. The number of urea groups is 1. The molecule has 2 rings (SSSR count). The van der Waals surface area contributed by atoms with E-state index in [0.717, 1.165) is 25.9 Å². The average Bonchev–Trinajstić information content (AvgIpc) is 2.39. The van der Waals surface area contributed by atoms with Crippen LogP contribution < -0.4 is 10.7 Å². The molecule has 0 bridgehead atoms. The zero-order chi connectivity index (χ0) is 14.5. The van der Waals surface area contributed by atoms with E-state index in [1.807, 2.05) is 5.01 Å². The van der Waals surface area contributed by atoms with Gasteiger partial charge >= 0.3 is 12.0 Å². The molecule has 1 heterocycles. The Kier molecular flexibility index (Phi) is 4.41. The maximum atomic E-state index is 11.7. The Morgan fingerprint density at radius 3 is 2.45 bits per heavy atom. The lowest BCUT2D eigenvalue weighted by molar-refractivity contribution is 0.0694. The number of rotatable bonds is 3. The summed E-state index contributed by atoms with van der Waals surface area (Å²) in [7, 11) is 0. The highest BCUT2D eigenvalue weighted by atomic mass is 16.4. The van der Waals surface area contributed by atoms with Crippen LogP contribution in [-0.4, -0.2) is 40.3 Å². The zero-order valence-corrected chi connectivity index (χ0v) is 10.9. The fourth-order valence-corrected chi connectivity index (χ4v) is 2.10. The van der Waals surface area contributed by atoms with Gasteiger partial charge in [-0.1, -0.05) is 6.42 Å². The Bertz CT molecular complexity index is 512. The Morgan fingerprint density at radius 1 is 1.15 bits per heavy atom. The quantitative estimate of drug-likeness (QED) is 0.673. The molecule has 0 saturated carbocycles. The van der Waals surface area contributed by atoms with Crippen LogP contribution in [0.15, 0.2) is 18.2 Å². The summed E-state index contributed by atoms with van der Waals surface area (Å²) >= 11 is 0. The number of aromatic hydroxyl groups is 1. The van der Waals surface area contributed by atoms with Gasteiger partial charge < -0.3 is 15.5 Å². The van der Waals surface area contributed by atoms with Crippen molar-refractivity contribution in [3.05, 3.63) is 23.8 Å². The molecule has 2 amide bonds. The third-order valence-electron chi connectivity index (χ3n) is 3.10. The lowest BCUT2D eigenvalue weighted by Crippen LogP contribution is -2.46. The van der Waals surface area contributed by atoms with Gasteiger partial charge in [0, 0.05) is 24.8 Å². The minimum atomic E-state index is -1.22. The van der Waals surface area contributed by atoms with Gasteiger partial charge in [0.15, 0.2) is 0 Å². The van der Waals surface area contributed by atoms with E-state index < -0.39 is 12.0 Å². The number of aromatic carboxylic acids is 1. The van der Waals surface area contributed by atoms with Crippen molar-refractivity contribution in [2.24, 2.45) is 0 Å². The SMILES string of the molecule is O=C(Nc1ccc(C(=O)O)c(O)c1)NN1CCCCC1. The molecule has 0 radical (unpaired) electrons. The normalized spacial score (nSPS) is 15.6. The van der Waals surface area contributed by atoms with Gasteiger partial charge in [0.05, 0.1) is 0 Å². The first-order chi connectivity index (χ1) is 9.56.